The maximum absolute atomic E-state index is 11.7. The number of aryl methyl sites for hydroxylation is 3. The molecule has 0 radical (unpaired) electrons. The lowest BCUT2D eigenvalue weighted by Gasteiger charge is -2.07. The highest BCUT2D eigenvalue weighted by molar-refractivity contribution is 7.89. The van der Waals surface area contributed by atoms with E-state index in [1.165, 1.54) is 21.7 Å². The third-order valence-corrected chi connectivity index (χ3v) is 6.89. The van der Waals surface area contributed by atoms with Gasteiger partial charge in [-0.15, -0.1) is 11.3 Å². The normalized spacial score (nSPS) is 14.3. The number of rotatable bonds is 5. The van der Waals surface area contributed by atoms with Crippen LogP contribution in [0.15, 0.2) is 29.2 Å². The summed E-state index contributed by atoms with van der Waals surface area (Å²) in [5.74, 6) is 0.939. The zero-order valence-electron chi connectivity index (χ0n) is 14.2. The van der Waals surface area contributed by atoms with Crippen LogP contribution < -0.4 is 5.14 Å². The van der Waals surface area contributed by atoms with Gasteiger partial charge in [0.2, 0.25) is 10.0 Å². The van der Waals surface area contributed by atoms with E-state index >= 15 is 0 Å². The Hall–Kier alpha value is -1.70. The Balaban J connectivity index is 1.88. The predicted octanol–water partition coefficient (Wildman–Crippen LogP) is 3.70. The molecule has 0 atom stereocenters. The Morgan fingerprint density at radius 2 is 2.12 bits per heavy atom. The van der Waals surface area contributed by atoms with Crippen LogP contribution in [-0.2, 0) is 29.4 Å². The molecule has 5 nitrogen and oxygen atoms in total. The molecule has 0 unspecified atom stereocenters. The monoisotopic (exact) mass is 375 g/mol. The number of sulfonamides is 1. The van der Waals surface area contributed by atoms with Crippen LogP contribution in [0.1, 0.15) is 36.6 Å². The second-order valence-corrected chi connectivity index (χ2v) is 9.25. The van der Waals surface area contributed by atoms with Crippen LogP contribution in [0.25, 0.3) is 21.7 Å². The molecule has 0 saturated carbocycles. The molecule has 4 rings (SSSR count). The van der Waals surface area contributed by atoms with Crippen molar-refractivity contribution in [3.8, 4) is 10.7 Å². The van der Waals surface area contributed by atoms with E-state index in [2.05, 4.69) is 17.6 Å². The van der Waals surface area contributed by atoms with Crippen molar-refractivity contribution in [1.82, 2.24) is 9.55 Å². The molecule has 2 N–H and O–H groups in total. The number of aromatic nitrogens is 2. The van der Waals surface area contributed by atoms with Gasteiger partial charge < -0.3 is 4.57 Å². The minimum absolute atomic E-state index is 0.111. The molecular weight excluding hydrogens is 354 g/mol. The summed E-state index contributed by atoms with van der Waals surface area (Å²) < 4.78 is 25.5. The number of nitrogens with two attached hydrogens (primary N) is 1. The van der Waals surface area contributed by atoms with Crippen molar-refractivity contribution in [2.45, 2.75) is 50.5 Å². The van der Waals surface area contributed by atoms with E-state index in [0.717, 1.165) is 43.6 Å². The number of thiophene rings is 1. The largest absolute Gasteiger partial charge is 0.323 e. The summed E-state index contributed by atoms with van der Waals surface area (Å²) in [5.41, 5.74) is 3.09. The van der Waals surface area contributed by atoms with Crippen LogP contribution in [0.3, 0.4) is 0 Å². The molecule has 0 fully saturated rings. The van der Waals surface area contributed by atoms with Gasteiger partial charge >= 0.3 is 0 Å². The SMILES string of the molecule is CCCCn1c(-c2cc3c(s2)CCC3)nc2cc(S(N)(=O)=O)ccc21. The van der Waals surface area contributed by atoms with Crippen LogP contribution in [0, 0.1) is 0 Å². The highest BCUT2D eigenvalue weighted by Crippen LogP contribution is 2.37. The molecule has 25 heavy (non-hydrogen) atoms. The Bertz CT molecular complexity index is 1030. The lowest BCUT2D eigenvalue weighted by molar-refractivity contribution is 0.598. The van der Waals surface area contributed by atoms with Crippen molar-refractivity contribution in [2.24, 2.45) is 5.14 Å². The smallest absolute Gasteiger partial charge is 0.238 e. The number of nitrogens with zero attached hydrogens (tertiary/aromatic N) is 2. The lowest BCUT2D eigenvalue weighted by atomic mass is 10.2. The molecule has 1 aliphatic rings. The van der Waals surface area contributed by atoms with E-state index in [1.807, 2.05) is 17.4 Å². The molecule has 132 valence electrons. The maximum atomic E-state index is 11.7. The van der Waals surface area contributed by atoms with Gasteiger partial charge in [-0.3, -0.25) is 0 Å². The quantitative estimate of drug-likeness (QED) is 0.738. The Kier molecular flexibility index (Phi) is 4.17. The summed E-state index contributed by atoms with van der Waals surface area (Å²) in [4.78, 5) is 7.53. The fourth-order valence-corrected chi connectivity index (χ4v) is 5.24. The van der Waals surface area contributed by atoms with Crippen molar-refractivity contribution < 1.29 is 8.42 Å². The maximum Gasteiger partial charge on any atom is 0.238 e. The zero-order chi connectivity index (χ0) is 17.6. The van der Waals surface area contributed by atoms with Crippen molar-refractivity contribution >= 4 is 32.4 Å². The minimum Gasteiger partial charge on any atom is -0.323 e. The number of unbranched alkanes of at least 4 members (excludes halogenated alkanes) is 1. The minimum atomic E-state index is -3.72. The molecule has 0 aliphatic heterocycles. The topological polar surface area (TPSA) is 78.0 Å². The fourth-order valence-electron chi connectivity index (χ4n) is 3.46. The summed E-state index contributed by atoms with van der Waals surface area (Å²) in [5, 5.41) is 5.27. The summed E-state index contributed by atoms with van der Waals surface area (Å²) in [6.07, 6.45) is 5.70. The summed E-state index contributed by atoms with van der Waals surface area (Å²) >= 11 is 1.82. The second-order valence-electron chi connectivity index (χ2n) is 6.55. The van der Waals surface area contributed by atoms with Crippen LogP contribution in [0.2, 0.25) is 0 Å². The molecule has 7 heteroatoms. The number of hydrogen-bond donors (Lipinski definition) is 1. The first-order chi connectivity index (χ1) is 12.0. The van der Waals surface area contributed by atoms with Crippen LogP contribution in [0.4, 0.5) is 0 Å². The zero-order valence-corrected chi connectivity index (χ0v) is 15.8. The summed E-state index contributed by atoms with van der Waals surface area (Å²) in [6, 6.07) is 7.23. The van der Waals surface area contributed by atoms with Gasteiger partial charge in [-0.05, 0) is 55.5 Å². The highest BCUT2D eigenvalue weighted by atomic mass is 32.2. The first-order valence-electron chi connectivity index (χ1n) is 8.62. The van der Waals surface area contributed by atoms with Crippen LogP contribution in [0.5, 0.6) is 0 Å². The van der Waals surface area contributed by atoms with Gasteiger partial charge in [0.15, 0.2) is 5.82 Å². The molecule has 1 aliphatic carbocycles. The summed E-state index contributed by atoms with van der Waals surface area (Å²) in [7, 11) is -3.72. The molecule has 0 saturated heterocycles. The van der Waals surface area contributed by atoms with Gasteiger partial charge in [-0.25, -0.2) is 18.5 Å². The molecule has 1 aromatic carbocycles. The molecule has 0 amide bonds. The van der Waals surface area contributed by atoms with Gasteiger partial charge in [0.05, 0.1) is 20.8 Å². The Morgan fingerprint density at radius 1 is 1.28 bits per heavy atom. The molecule has 2 aromatic heterocycles. The number of benzene rings is 1. The third-order valence-electron chi connectivity index (χ3n) is 4.75. The van der Waals surface area contributed by atoms with Gasteiger partial charge in [0.1, 0.15) is 0 Å². The first kappa shape index (κ1) is 16.8. The van der Waals surface area contributed by atoms with Crippen molar-refractivity contribution in [3.63, 3.8) is 0 Å². The van der Waals surface area contributed by atoms with Crippen molar-refractivity contribution in [2.75, 3.05) is 0 Å². The van der Waals surface area contributed by atoms with Gasteiger partial charge in [0.25, 0.3) is 0 Å². The molecule has 2 heterocycles. The Morgan fingerprint density at radius 3 is 2.84 bits per heavy atom. The fraction of sp³-hybridized carbons (Fsp3) is 0.389. The van der Waals surface area contributed by atoms with Crippen molar-refractivity contribution in [3.05, 3.63) is 34.7 Å². The van der Waals surface area contributed by atoms with E-state index < -0.39 is 10.0 Å². The molecule has 0 spiro atoms. The van der Waals surface area contributed by atoms with E-state index in [0.29, 0.717) is 5.52 Å². The average Bonchev–Trinajstić information content (AvgIpc) is 3.23. The number of imidazole rings is 1. The number of fused-ring (bicyclic) bond motifs is 2. The molecular formula is C18H21N3O2S2. The molecule has 3 aromatic rings. The van der Waals surface area contributed by atoms with Crippen LogP contribution in [-0.4, -0.2) is 18.0 Å². The highest BCUT2D eigenvalue weighted by Gasteiger charge is 2.20. The average molecular weight is 376 g/mol. The van der Waals surface area contributed by atoms with Crippen molar-refractivity contribution in [1.29, 1.82) is 0 Å². The van der Waals surface area contributed by atoms with E-state index in [1.54, 1.807) is 12.1 Å². The molecule has 0 bridgehead atoms. The standard InChI is InChI=1S/C18H21N3O2S2/c1-2-3-9-21-15-8-7-13(25(19,22)23)11-14(15)20-18(21)17-10-12-5-4-6-16(12)24-17/h7-8,10-11H,2-6,9H2,1H3,(H2,19,22,23). The van der Waals surface area contributed by atoms with Gasteiger partial charge in [-0.1, -0.05) is 13.3 Å². The van der Waals surface area contributed by atoms with E-state index in [-0.39, 0.29) is 4.90 Å². The predicted molar refractivity (Wildman–Crippen MR) is 101 cm³/mol. The van der Waals surface area contributed by atoms with E-state index in [9.17, 15) is 8.42 Å². The second kappa shape index (κ2) is 6.23. The number of primary sulfonamides is 1. The first-order valence-corrected chi connectivity index (χ1v) is 11.0. The summed E-state index contributed by atoms with van der Waals surface area (Å²) in [6.45, 7) is 3.04. The lowest BCUT2D eigenvalue weighted by Crippen LogP contribution is -2.11. The van der Waals surface area contributed by atoms with Gasteiger partial charge in [0, 0.05) is 11.4 Å². The Labute approximate surface area is 151 Å². The van der Waals surface area contributed by atoms with Crippen LogP contribution >= 0.6 is 11.3 Å². The van der Waals surface area contributed by atoms with E-state index in [4.69, 9.17) is 10.1 Å². The third kappa shape index (κ3) is 3.01. The van der Waals surface area contributed by atoms with Gasteiger partial charge in [-0.2, -0.15) is 0 Å². The number of hydrogen-bond acceptors (Lipinski definition) is 4.